The number of unbranched alkanes of at least 4 members (excludes halogenated alkanes) is 2. The summed E-state index contributed by atoms with van der Waals surface area (Å²) in [6.07, 6.45) is 4.06. The van der Waals surface area contributed by atoms with Crippen molar-refractivity contribution in [2.75, 3.05) is 13.2 Å². The third-order valence-corrected chi connectivity index (χ3v) is 6.53. The fourth-order valence-corrected chi connectivity index (χ4v) is 4.57. The standard InChI is InChI=1S/C32H35NO5/c1-3-5-9-20-38-26-17-15-24(16-18-26)29-28(30(34)25-13-10-14-27(21-25)37-19-4-2)31(35)32(36)33(29)22-23-11-7-6-8-12-23/h6-8,10-18,21,29,34H,3-5,9,19-20,22H2,1-2H3/b30-28+. The van der Waals surface area contributed by atoms with Gasteiger partial charge in [0.15, 0.2) is 0 Å². The number of amides is 1. The predicted molar refractivity (Wildman–Crippen MR) is 148 cm³/mol. The second-order valence-corrected chi connectivity index (χ2v) is 9.41. The van der Waals surface area contributed by atoms with Crippen LogP contribution in [0.15, 0.2) is 84.4 Å². The molecule has 0 bridgehead atoms. The lowest BCUT2D eigenvalue weighted by atomic mass is 9.95. The van der Waals surface area contributed by atoms with E-state index in [-0.39, 0.29) is 17.9 Å². The number of aliphatic hydroxyl groups is 1. The lowest BCUT2D eigenvalue weighted by molar-refractivity contribution is -0.140. The summed E-state index contributed by atoms with van der Waals surface area (Å²) in [4.78, 5) is 28.2. The van der Waals surface area contributed by atoms with E-state index in [0.717, 1.165) is 42.6 Å². The number of aliphatic hydroxyl groups excluding tert-OH is 1. The van der Waals surface area contributed by atoms with Crippen LogP contribution in [-0.2, 0) is 16.1 Å². The Morgan fingerprint density at radius 3 is 2.26 bits per heavy atom. The molecule has 1 saturated heterocycles. The zero-order valence-electron chi connectivity index (χ0n) is 22.1. The highest BCUT2D eigenvalue weighted by Crippen LogP contribution is 2.41. The van der Waals surface area contributed by atoms with Gasteiger partial charge in [0, 0.05) is 12.1 Å². The summed E-state index contributed by atoms with van der Waals surface area (Å²) in [7, 11) is 0. The van der Waals surface area contributed by atoms with Crippen molar-refractivity contribution in [2.45, 2.75) is 52.1 Å². The maximum atomic E-state index is 13.4. The average Bonchev–Trinajstić information content (AvgIpc) is 3.20. The van der Waals surface area contributed by atoms with Crippen LogP contribution in [0.1, 0.15) is 62.3 Å². The predicted octanol–water partition coefficient (Wildman–Crippen LogP) is 6.67. The number of ether oxygens (including phenoxy) is 2. The highest BCUT2D eigenvalue weighted by Gasteiger charge is 2.46. The van der Waals surface area contributed by atoms with E-state index in [2.05, 4.69) is 6.92 Å². The second-order valence-electron chi connectivity index (χ2n) is 9.41. The van der Waals surface area contributed by atoms with E-state index in [1.54, 1.807) is 24.3 Å². The molecule has 0 aromatic heterocycles. The van der Waals surface area contributed by atoms with Crippen LogP contribution in [0.5, 0.6) is 11.5 Å². The van der Waals surface area contributed by atoms with Gasteiger partial charge in [-0.2, -0.15) is 0 Å². The molecule has 1 unspecified atom stereocenters. The Labute approximate surface area is 224 Å². The van der Waals surface area contributed by atoms with Gasteiger partial charge in [0.25, 0.3) is 11.7 Å². The molecule has 0 saturated carbocycles. The first-order valence-corrected chi connectivity index (χ1v) is 13.3. The van der Waals surface area contributed by atoms with Gasteiger partial charge in [0.1, 0.15) is 17.3 Å². The minimum atomic E-state index is -0.746. The minimum Gasteiger partial charge on any atom is -0.507 e. The fourth-order valence-electron chi connectivity index (χ4n) is 4.57. The first kappa shape index (κ1) is 27.0. The lowest BCUT2D eigenvalue weighted by Gasteiger charge is -2.25. The lowest BCUT2D eigenvalue weighted by Crippen LogP contribution is -2.29. The van der Waals surface area contributed by atoms with Gasteiger partial charge in [-0.25, -0.2) is 0 Å². The topological polar surface area (TPSA) is 76.1 Å². The molecule has 0 aliphatic carbocycles. The number of likely N-dealkylation sites (tertiary alicyclic amines) is 1. The number of carbonyl (C=O) groups is 2. The number of benzene rings is 3. The molecule has 4 rings (SSSR count). The van der Waals surface area contributed by atoms with Gasteiger partial charge in [0.2, 0.25) is 0 Å². The monoisotopic (exact) mass is 513 g/mol. The van der Waals surface area contributed by atoms with Crippen molar-refractivity contribution in [3.05, 3.63) is 101 Å². The van der Waals surface area contributed by atoms with Crippen molar-refractivity contribution in [3.8, 4) is 11.5 Å². The first-order valence-electron chi connectivity index (χ1n) is 13.3. The van der Waals surface area contributed by atoms with E-state index < -0.39 is 17.7 Å². The summed E-state index contributed by atoms with van der Waals surface area (Å²) < 4.78 is 11.6. The Kier molecular flexibility index (Phi) is 9.20. The summed E-state index contributed by atoms with van der Waals surface area (Å²) in [6.45, 7) is 5.57. The van der Waals surface area contributed by atoms with Gasteiger partial charge >= 0.3 is 0 Å². The van der Waals surface area contributed by atoms with E-state index in [0.29, 0.717) is 24.5 Å². The SMILES string of the molecule is CCCCCOc1ccc(C2/C(=C(\O)c3cccc(OCCC)c3)C(=O)C(=O)N2Cc2ccccc2)cc1. The number of carbonyl (C=O) groups excluding carboxylic acids is 2. The number of rotatable bonds is 12. The number of Topliss-reactive ketones (excluding diaryl/α,β-unsaturated/α-hetero) is 1. The van der Waals surface area contributed by atoms with Crippen LogP contribution in [0, 0.1) is 0 Å². The van der Waals surface area contributed by atoms with Gasteiger partial charge in [0.05, 0.1) is 24.8 Å². The first-order chi connectivity index (χ1) is 18.5. The Bertz CT molecular complexity index is 1270. The van der Waals surface area contributed by atoms with Crippen molar-refractivity contribution < 1.29 is 24.2 Å². The third-order valence-electron chi connectivity index (χ3n) is 6.53. The van der Waals surface area contributed by atoms with E-state index in [9.17, 15) is 14.7 Å². The summed E-state index contributed by atoms with van der Waals surface area (Å²) in [5, 5.41) is 11.4. The second kappa shape index (κ2) is 13.0. The number of nitrogens with zero attached hydrogens (tertiary/aromatic N) is 1. The number of hydrogen-bond donors (Lipinski definition) is 1. The van der Waals surface area contributed by atoms with Crippen LogP contribution < -0.4 is 9.47 Å². The minimum absolute atomic E-state index is 0.0650. The fraction of sp³-hybridized carbons (Fsp3) is 0.312. The molecule has 1 aliphatic rings. The van der Waals surface area contributed by atoms with Crippen molar-refractivity contribution in [2.24, 2.45) is 0 Å². The molecule has 1 fully saturated rings. The molecule has 6 nitrogen and oxygen atoms in total. The van der Waals surface area contributed by atoms with Crippen LogP contribution in [0.4, 0.5) is 0 Å². The molecule has 1 heterocycles. The Morgan fingerprint density at radius 1 is 0.816 bits per heavy atom. The molecule has 1 amide bonds. The Morgan fingerprint density at radius 2 is 1.55 bits per heavy atom. The highest BCUT2D eigenvalue weighted by atomic mass is 16.5. The van der Waals surface area contributed by atoms with Gasteiger partial charge < -0.3 is 19.5 Å². The van der Waals surface area contributed by atoms with E-state index >= 15 is 0 Å². The van der Waals surface area contributed by atoms with E-state index in [4.69, 9.17) is 9.47 Å². The molecule has 6 heteroatoms. The van der Waals surface area contributed by atoms with Gasteiger partial charge in [-0.15, -0.1) is 0 Å². The molecule has 0 spiro atoms. The molecule has 1 atom stereocenters. The summed E-state index contributed by atoms with van der Waals surface area (Å²) in [5.41, 5.74) is 2.11. The van der Waals surface area contributed by atoms with Crippen molar-refractivity contribution in [3.63, 3.8) is 0 Å². The third kappa shape index (κ3) is 6.25. The van der Waals surface area contributed by atoms with Crippen molar-refractivity contribution in [1.82, 2.24) is 4.90 Å². The molecular formula is C32H35NO5. The van der Waals surface area contributed by atoms with Crippen LogP contribution in [0.2, 0.25) is 0 Å². The average molecular weight is 514 g/mol. The Hall–Kier alpha value is -4.06. The summed E-state index contributed by atoms with van der Waals surface area (Å²) in [6, 6.07) is 23.2. The largest absolute Gasteiger partial charge is 0.507 e. The molecule has 0 radical (unpaired) electrons. The van der Waals surface area contributed by atoms with E-state index in [1.165, 1.54) is 4.90 Å². The molecule has 198 valence electrons. The van der Waals surface area contributed by atoms with Gasteiger partial charge in [-0.1, -0.05) is 81.3 Å². The summed E-state index contributed by atoms with van der Waals surface area (Å²) >= 11 is 0. The normalized spacial score (nSPS) is 16.6. The highest BCUT2D eigenvalue weighted by molar-refractivity contribution is 6.46. The van der Waals surface area contributed by atoms with Crippen LogP contribution in [-0.4, -0.2) is 34.9 Å². The molecule has 3 aromatic carbocycles. The maximum Gasteiger partial charge on any atom is 0.295 e. The van der Waals surface area contributed by atoms with Crippen LogP contribution >= 0.6 is 0 Å². The quantitative estimate of drug-likeness (QED) is 0.127. The number of ketones is 1. The summed E-state index contributed by atoms with van der Waals surface area (Å²) in [5.74, 6) is -0.242. The van der Waals surface area contributed by atoms with Gasteiger partial charge in [-0.3, -0.25) is 9.59 Å². The van der Waals surface area contributed by atoms with Crippen LogP contribution in [0.3, 0.4) is 0 Å². The Balaban J connectivity index is 1.72. The zero-order valence-corrected chi connectivity index (χ0v) is 22.1. The smallest absolute Gasteiger partial charge is 0.295 e. The number of hydrogen-bond acceptors (Lipinski definition) is 5. The van der Waals surface area contributed by atoms with Gasteiger partial charge in [-0.05, 0) is 48.2 Å². The molecule has 3 aromatic rings. The molecule has 1 N–H and O–H groups in total. The molecule has 1 aliphatic heterocycles. The van der Waals surface area contributed by atoms with Crippen molar-refractivity contribution in [1.29, 1.82) is 0 Å². The molecular weight excluding hydrogens is 478 g/mol. The molecule has 38 heavy (non-hydrogen) atoms. The van der Waals surface area contributed by atoms with Crippen molar-refractivity contribution >= 4 is 17.4 Å². The zero-order chi connectivity index (χ0) is 26.9. The van der Waals surface area contributed by atoms with Crippen LogP contribution in [0.25, 0.3) is 5.76 Å². The van der Waals surface area contributed by atoms with E-state index in [1.807, 2.05) is 61.5 Å². The maximum absolute atomic E-state index is 13.4.